The number of nitrogens with zero attached hydrogens (tertiary/aromatic N) is 5. The van der Waals surface area contributed by atoms with Gasteiger partial charge in [-0.05, 0) is 31.5 Å². The first-order chi connectivity index (χ1) is 14.8. The van der Waals surface area contributed by atoms with Crippen molar-refractivity contribution < 1.29 is 13.2 Å². The van der Waals surface area contributed by atoms with Gasteiger partial charge in [0, 0.05) is 32.5 Å². The van der Waals surface area contributed by atoms with Crippen molar-refractivity contribution in [2.75, 3.05) is 18.4 Å². The van der Waals surface area contributed by atoms with E-state index >= 15 is 0 Å². The maximum Gasteiger partial charge on any atom is 0.243 e. The number of imidazole rings is 1. The largest absolute Gasteiger partial charge is 0.328 e. The van der Waals surface area contributed by atoms with Gasteiger partial charge in [-0.3, -0.25) is 4.79 Å². The molecule has 0 spiro atoms. The van der Waals surface area contributed by atoms with E-state index in [1.807, 2.05) is 32.3 Å². The summed E-state index contributed by atoms with van der Waals surface area (Å²) in [5.41, 5.74) is 1.47. The summed E-state index contributed by atoms with van der Waals surface area (Å²) in [6.45, 7) is 9.12. The van der Waals surface area contributed by atoms with Gasteiger partial charge in [-0.2, -0.15) is 4.31 Å². The van der Waals surface area contributed by atoms with Crippen LogP contribution in [0.4, 0.5) is 5.13 Å². The number of hydrogen-bond donors (Lipinski definition) is 1. The molecular formula is C20H28N6O3S2. The molecule has 0 aliphatic heterocycles. The normalized spacial score (nSPS) is 12.0. The van der Waals surface area contributed by atoms with Crippen molar-refractivity contribution in [1.82, 2.24) is 24.1 Å². The summed E-state index contributed by atoms with van der Waals surface area (Å²) in [7, 11) is -3.56. The van der Waals surface area contributed by atoms with Gasteiger partial charge in [-0.25, -0.2) is 13.4 Å². The lowest BCUT2D eigenvalue weighted by molar-refractivity contribution is -0.116. The van der Waals surface area contributed by atoms with Gasteiger partial charge in [-0.15, -0.1) is 10.2 Å². The molecule has 0 saturated carbocycles. The second kappa shape index (κ2) is 9.84. The van der Waals surface area contributed by atoms with Crippen molar-refractivity contribution in [3.63, 3.8) is 0 Å². The van der Waals surface area contributed by atoms with Crippen molar-refractivity contribution in [3.05, 3.63) is 29.0 Å². The van der Waals surface area contributed by atoms with Crippen LogP contribution in [-0.2, 0) is 34.2 Å². The van der Waals surface area contributed by atoms with Crippen LogP contribution in [0.2, 0.25) is 0 Å². The van der Waals surface area contributed by atoms with Crippen LogP contribution in [0.3, 0.4) is 0 Å². The van der Waals surface area contributed by atoms with Crippen molar-refractivity contribution in [1.29, 1.82) is 0 Å². The van der Waals surface area contributed by atoms with Crippen LogP contribution in [0, 0.1) is 0 Å². The van der Waals surface area contributed by atoms with Crippen LogP contribution in [0.1, 0.15) is 44.9 Å². The highest BCUT2D eigenvalue weighted by Gasteiger charge is 2.23. The number of carbonyl (C=O) groups is 1. The van der Waals surface area contributed by atoms with E-state index < -0.39 is 10.0 Å². The van der Waals surface area contributed by atoms with Crippen LogP contribution < -0.4 is 5.32 Å². The third kappa shape index (κ3) is 4.94. The number of anilines is 1. The van der Waals surface area contributed by atoms with Gasteiger partial charge in [0.05, 0.1) is 15.9 Å². The fourth-order valence-electron chi connectivity index (χ4n) is 3.43. The zero-order chi connectivity index (χ0) is 22.6. The zero-order valence-corrected chi connectivity index (χ0v) is 19.9. The molecule has 0 aliphatic rings. The Morgan fingerprint density at radius 3 is 2.52 bits per heavy atom. The quantitative estimate of drug-likeness (QED) is 0.494. The van der Waals surface area contributed by atoms with Crippen molar-refractivity contribution in [2.45, 2.75) is 58.4 Å². The Balaban J connectivity index is 1.80. The lowest BCUT2D eigenvalue weighted by atomic mass is 10.3. The highest BCUT2D eigenvalue weighted by atomic mass is 32.2. The first kappa shape index (κ1) is 23.3. The molecule has 168 valence electrons. The van der Waals surface area contributed by atoms with E-state index in [0.717, 1.165) is 22.8 Å². The molecule has 0 atom stereocenters. The van der Waals surface area contributed by atoms with E-state index in [0.29, 0.717) is 36.7 Å². The van der Waals surface area contributed by atoms with E-state index in [-0.39, 0.29) is 17.2 Å². The van der Waals surface area contributed by atoms with Crippen molar-refractivity contribution >= 4 is 43.4 Å². The second-order valence-electron chi connectivity index (χ2n) is 6.91. The Bertz CT molecular complexity index is 1170. The van der Waals surface area contributed by atoms with Gasteiger partial charge in [0.25, 0.3) is 0 Å². The van der Waals surface area contributed by atoms with E-state index in [4.69, 9.17) is 0 Å². The topological polar surface area (TPSA) is 110 Å². The standard InChI is InChI=1S/C20H28N6O3S2/c1-5-19-23-24-20(30-19)22-18(27)12-11-17-21-15-13-14(9-10-16(15)26(17)8-4)31(28,29)25(6-2)7-3/h9-10,13H,5-8,11-12H2,1-4H3,(H,22,24,27). The molecule has 1 amide bonds. The molecule has 0 aliphatic carbocycles. The number of benzene rings is 1. The summed E-state index contributed by atoms with van der Waals surface area (Å²) in [5.74, 6) is 0.592. The smallest absolute Gasteiger partial charge is 0.243 e. The molecule has 2 heterocycles. The van der Waals surface area contributed by atoms with E-state index in [2.05, 4.69) is 20.5 Å². The van der Waals surface area contributed by atoms with E-state index in [1.165, 1.54) is 15.6 Å². The number of amides is 1. The number of aromatic nitrogens is 4. The molecule has 0 saturated heterocycles. The molecule has 2 aromatic heterocycles. The molecule has 3 rings (SSSR count). The fraction of sp³-hybridized carbons (Fsp3) is 0.500. The molecule has 1 N–H and O–H groups in total. The molecule has 3 aromatic rings. The second-order valence-corrected chi connectivity index (χ2v) is 9.91. The van der Waals surface area contributed by atoms with Crippen LogP contribution in [-0.4, -0.2) is 51.5 Å². The Kier molecular flexibility index (Phi) is 7.39. The van der Waals surface area contributed by atoms with Crippen molar-refractivity contribution in [3.8, 4) is 0 Å². The Morgan fingerprint density at radius 1 is 1.16 bits per heavy atom. The number of nitrogens with one attached hydrogen (secondary N) is 1. The van der Waals surface area contributed by atoms with Crippen LogP contribution >= 0.6 is 11.3 Å². The number of rotatable bonds is 10. The van der Waals surface area contributed by atoms with Gasteiger partial charge in [-0.1, -0.05) is 32.1 Å². The summed E-state index contributed by atoms with van der Waals surface area (Å²) >= 11 is 1.37. The number of carbonyl (C=O) groups excluding carboxylic acids is 1. The summed E-state index contributed by atoms with van der Waals surface area (Å²) in [5, 5.41) is 12.1. The van der Waals surface area contributed by atoms with Crippen LogP contribution in [0.5, 0.6) is 0 Å². The highest BCUT2D eigenvalue weighted by molar-refractivity contribution is 7.89. The lowest BCUT2D eigenvalue weighted by Crippen LogP contribution is -2.30. The molecule has 1 aromatic carbocycles. The van der Waals surface area contributed by atoms with Gasteiger partial charge in [0.15, 0.2) is 0 Å². The number of fused-ring (bicyclic) bond motifs is 1. The maximum absolute atomic E-state index is 12.8. The van der Waals surface area contributed by atoms with Gasteiger partial charge in [0.2, 0.25) is 21.1 Å². The predicted octanol–water partition coefficient (Wildman–Crippen LogP) is 3.07. The minimum absolute atomic E-state index is 0.154. The summed E-state index contributed by atoms with van der Waals surface area (Å²) in [6, 6.07) is 5.03. The Morgan fingerprint density at radius 2 is 1.90 bits per heavy atom. The predicted molar refractivity (Wildman–Crippen MR) is 122 cm³/mol. The first-order valence-electron chi connectivity index (χ1n) is 10.4. The van der Waals surface area contributed by atoms with E-state index in [1.54, 1.807) is 18.2 Å². The molecule has 0 bridgehead atoms. The average Bonchev–Trinajstić information content (AvgIpc) is 3.35. The Labute approximate surface area is 186 Å². The molecule has 0 radical (unpaired) electrons. The number of aryl methyl sites for hydroxylation is 3. The molecule has 0 unspecified atom stereocenters. The average molecular weight is 465 g/mol. The first-order valence-corrected chi connectivity index (χ1v) is 12.7. The van der Waals surface area contributed by atoms with Gasteiger partial charge >= 0.3 is 0 Å². The Hall–Kier alpha value is -2.37. The maximum atomic E-state index is 12.8. The fourth-order valence-corrected chi connectivity index (χ4v) is 5.60. The van der Waals surface area contributed by atoms with Crippen LogP contribution in [0.25, 0.3) is 11.0 Å². The van der Waals surface area contributed by atoms with Crippen LogP contribution in [0.15, 0.2) is 23.1 Å². The molecule has 11 heteroatoms. The minimum atomic E-state index is -3.56. The molecule has 9 nitrogen and oxygen atoms in total. The summed E-state index contributed by atoms with van der Waals surface area (Å²) in [6.07, 6.45) is 1.46. The monoisotopic (exact) mass is 464 g/mol. The van der Waals surface area contributed by atoms with Crippen molar-refractivity contribution in [2.24, 2.45) is 0 Å². The lowest BCUT2D eigenvalue weighted by Gasteiger charge is -2.18. The minimum Gasteiger partial charge on any atom is -0.328 e. The van der Waals surface area contributed by atoms with Gasteiger partial charge < -0.3 is 9.88 Å². The van der Waals surface area contributed by atoms with E-state index in [9.17, 15) is 13.2 Å². The summed E-state index contributed by atoms with van der Waals surface area (Å²) in [4.78, 5) is 17.2. The molecule has 0 fully saturated rings. The third-order valence-corrected chi connectivity index (χ3v) is 8.08. The molecular weight excluding hydrogens is 436 g/mol. The highest BCUT2D eigenvalue weighted by Crippen LogP contribution is 2.24. The SMILES string of the molecule is CCc1nnc(NC(=O)CCc2nc3cc(S(=O)(=O)N(CC)CC)ccc3n2CC)s1. The number of sulfonamides is 1. The summed E-state index contributed by atoms with van der Waals surface area (Å²) < 4.78 is 29.1. The zero-order valence-electron chi connectivity index (χ0n) is 18.3. The van der Waals surface area contributed by atoms with Gasteiger partial charge in [0.1, 0.15) is 10.8 Å². The molecule has 31 heavy (non-hydrogen) atoms. The number of hydrogen-bond acceptors (Lipinski definition) is 7. The third-order valence-electron chi connectivity index (χ3n) is 5.05.